The quantitative estimate of drug-likeness (QED) is 0.487. The average molecular weight is 375 g/mol. The van der Waals surface area contributed by atoms with E-state index in [1.807, 2.05) is 30.3 Å². The fraction of sp³-hybridized carbons (Fsp3) is 0.100. The van der Waals surface area contributed by atoms with Gasteiger partial charge in [-0.3, -0.25) is 14.4 Å². The number of H-pyrrole nitrogens is 1. The van der Waals surface area contributed by atoms with Crippen LogP contribution in [0.5, 0.6) is 0 Å². The lowest BCUT2D eigenvalue weighted by Crippen LogP contribution is -2.36. The van der Waals surface area contributed by atoms with Crippen LogP contribution < -0.4 is 16.2 Å². The van der Waals surface area contributed by atoms with Crippen molar-refractivity contribution in [1.29, 1.82) is 0 Å². The molecule has 0 saturated carbocycles. The highest BCUT2D eigenvalue weighted by Crippen LogP contribution is 2.13. The third kappa shape index (κ3) is 3.35. The second-order valence-corrected chi connectivity index (χ2v) is 6.23. The number of hydrogen-bond acceptors (Lipinski definition) is 4. The van der Waals surface area contributed by atoms with Gasteiger partial charge in [-0.2, -0.15) is 5.10 Å². The van der Waals surface area contributed by atoms with Crippen LogP contribution in [0.1, 0.15) is 15.9 Å². The summed E-state index contributed by atoms with van der Waals surface area (Å²) in [5, 5.41) is 9.97. The number of fused-ring (bicyclic) bond motifs is 3. The van der Waals surface area contributed by atoms with E-state index in [2.05, 4.69) is 20.7 Å². The fourth-order valence-corrected chi connectivity index (χ4v) is 2.96. The largest absolute Gasteiger partial charge is 0.350 e. The Morgan fingerprint density at radius 3 is 2.57 bits per heavy atom. The van der Waals surface area contributed by atoms with Crippen LogP contribution in [0.3, 0.4) is 0 Å². The molecule has 8 heteroatoms. The maximum absolute atomic E-state index is 12.5. The van der Waals surface area contributed by atoms with E-state index >= 15 is 0 Å². The van der Waals surface area contributed by atoms with Crippen LogP contribution >= 0.6 is 0 Å². The molecule has 2 amide bonds. The summed E-state index contributed by atoms with van der Waals surface area (Å²) in [7, 11) is 0. The molecule has 4 rings (SSSR count). The smallest absolute Gasteiger partial charge is 0.259 e. The number of carbonyl (C=O) groups excluding carboxylic acids is 2. The Labute approximate surface area is 159 Å². The van der Waals surface area contributed by atoms with E-state index in [9.17, 15) is 14.4 Å². The number of amides is 2. The molecule has 0 saturated heterocycles. The lowest BCUT2D eigenvalue weighted by molar-refractivity contribution is -0.120. The summed E-state index contributed by atoms with van der Waals surface area (Å²) in [6.07, 6.45) is 1.37. The van der Waals surface area contributed by atoms with Gasteiger partial charge in [0, 0.05) is 6.54 Å². The molecule has 0 aliphatic rings. The predicted octanol–water partition coefficient (Wildman–Crippen LogP) is 1.22. The number of rotatable bonds is 5. The maximum atomic E-state index is 12.5. The Bertz CT molecular complexity index is 1230. The predicted molar refractivity (Wildman–Crippen MR) is 104 cm³/mol. The first-order valence-corrected chi connectivity index (χ1v) is 8.71. The van der Waals surface area contributed by atoms with Gasteiger partial charge in [0.2, 0.25) is 5.91 Å². The minimum atomic E-state index is -0.490. The van der Waals surface area contributed by atoms with E-state index in [0.29, 0.717) is 17.4 Å². The topological polar surface area (TPSA) is 108 Å². The number of para-hydroxylation sites is 1. The molecule has 2 aromatic carbocycles. The Morgan fingerprint density at radius 1 is 1.00 bits per heavy atom. The van der Waals surface area contributed by atoms with E-state index in [-0.39, 0.29) is 29.2 Å². The van der Waals surface area contributed by atoms with Crippen LogP contribution in [0.25, 0.3) is 16.6 Å². The number of carbonyl (C=O) groups is 2. The second-order valence-electron chi connectivity index (χ2n) is 6.23. The van der Waals surface area contributed by atoms with Crippen molar-refractivity contribution in [2.75, 3.05) is 6.54 Å². The van der Waals surface area contributed by atoms with E-state index in [0.717, 1.165) is 5.56 Å². The van der Waals surface area contributed by atoms with Gasteiger partial charge in [0.15, 0.2) is 0 Å². The zero-order valence-electron chi connectivity index (χ0n) is 14.8. The molecule has 2 heterocycles. The highest BCUT2D eigenvalue weighted by Gasteiger charge is 2.16. The highest BCUT2D eigenvalue weighted by atomic mass is 16.2. The van der Waals surface area contributed by atoms with Crippen LogP contribution in [0.2, 0.25) is 0 Å². The van der Waals surface area contributed by atoms with Crippen molar-refractivity contribution in [2.45, 2.75) is 6.54 Å². The van der Waals surface area contributed by atoms with Crippen molar-refractivity contribution in [3.8, 4) is 0 Å². The van der Waals surface area contributed by atoms with Gasteiger partial charge >= 0.3 is 0 Å². The maximum Gasteiger partial charge on any atom is 0.259 e. The number of hydrogen-bond donors (Lipinski definition) is 3. The van der Waals surface area contributed by atoms with Gasteiger partial charge in [-0.05, 0) is 17.7 Å². The van der Waals surface area contributed by atoms with Crippen molar-refractivity contribution in [1.82, 2.24) is 25.2 Å². The summed E-state index contributed by atoms with van der Waals surface area (Å²) in [4.78, 5) is 39.4. The molecule has 140 valence electrons. The zero-order valence-corrected chi connectivity index (χ0v) is 14.8. The van der Waals surface area contributed by atoms with Crippen LogP contribution in [0.4, 0.5) is 0 Å². The summed E-state index contributed by atoms with van der Waals surface area (Å²) < 4.78 is 1.50. The van der Waals surface area contributed by atoms with Crippen LogP contribution in [0.15, 0.2) is 65.6 Å². The lowest BCUT2D eigenvalue weighted by Gasteiger charge is -2.07. The normalized spacial score (nSPS) is 10.9. The zero-order chi connectivity index (χ0) is 19.5. The van der Waals surface area contributed by atoms with Crippen molar-refractivity contribution in [2.24, 2.45) is 0 Å². The Hall–Kier alpha value is -3.94. The van der Waals surface area contributed by atoms with Crippen LogP contribution in [0, 0.1) is 0 Å². The molecule has 8 nitrogen and oxygen atoms in total. The number of benzene rings is 2. The van der Waals surface area contributed by atoms with E-state index in [4.69, 9.17) is 0 Å². The van der Waals surface area contributed by atoms with Crippen molar-refractivity contribution < 1.29 is 9.59 Å². The van der Waals surface area contributed by atoms with Gasteiger partial charge in [-0.1, -0.05) is 42.5 Å². The molecule has 2 aromatic heterocycles. The Morgan fingerprint density at radius 2 is 1.75 bits per heavy atom. The van der Waals surface area contributed by atoms with E-state index in [1.54, 1.807) is 24.3 Å². The molecule has 4 aromatic rings. The number of aromatic nitrogens is 3. The summed E-state index contributed by atoms with van der Waals surface area (Å²) in [5.74, 6) is -0.802. The summed E-state index contributed by atoms with van der Waals surface area (Å²) in [5.41, 5.74) is 1.73. The van der Waals surface area contributed by atoms with Crippen LogP contribution in [-0.4, -0.2) is 33.0 Å². The third-order valence-corrected chi connectivity index (χ3v) is 4.36. The van der Waals surface area contributed by atoms with Crippen molar-refractivity contribution in [3.63, 3.8) is 0 Å². The molecule has 0 bridgehead atoms. The lowest BCUT2D eigenvalue weighted by atomic mass is 10.2. The molecular formula is C20H17N5O3. The number of nitrogens with one attached hydrogen (secondary N) is 3. The first kappa shape index (κ1) is 17.5. The average Bonchev–Trinajstić information content (AvgIpc) is 3.15. The van der Waals surface area contributed by atoms with Gasteiger partial charge in [-0.25, -0.2) is 4.52 Å². The van der Waals surface area contributed by atoms with E-state index < -0.39 is 5.91 Å². The Balaban J connectivity index is 1.47. The molecule has 0 radical (unpaired) electrons. The molecular weight excluding hydrogens is 358 g/mol. The number of aromatic amines is 1. The summed E-state index contributed by atoms with van der Waals surface area (Å²) >= 11 is 0. The molecule has 0 atom stereocenters. The van der Waals surface area contributed by atoms with Crippen molar-refractivity contribution >= 4 is 28.4 Å². The molecule has 0 unspecified atom stereocenters. The van der Waals surface area contributed by atoms with Crippen molar-refractivity contribution in [3.05, 3.63) is 82.3 Å². The van der Waals surface area contributed by atoms with Gasteiger partial charge in [0.1, 0.15) is 11.2 Å². The molecule has 3 N–H and O–H groups in total. The Kier molecular flexibility index (Phi) is 4.59. The minimum Gasteiger partial charge on any atom is -0.350 e. The highest BCUT2D eigenvalue weighted by molar-refractivity contribution is 6.02. The molecule has 0 spiro atoms. The van der Waals surface area contributed by atoms with Gasteiger partial charge in [-0.15, -0.1) is 0 Å². The fourth-order valence-electron chi connectivity index (χ4n) is 2.96. The number of nitrogens with zero attached hydrogens (tertiary/aromatic N) is 2. The SMILES string of the molecule is O=C(CNC(=O)c1cnn2c1[nH]c(=O)c1ccccc12)NCc1ccccc1. The summed E-state index contributed by atoms with van der Waals surface area (Å²) in [6, 6.07) is 16.5. The standard InChI is InChI=1S/C20H17N5O3/c26-17(21-10-13-6-2-1-3-7-13)12-22-19(27)15-11-23-25-16-9-5-4-8-14(16)20(28)24-18(15)25/h1-9,11H,10,12H2,(H,21,26)(H,22,27)(H,24,28). The summed E-state index contributed by atoms with van der Waals surface area (Å²) in [6.45, 7) is 0.201. The molecule has 0 aliphatic carbocycles. The minimum absolute atomic E-state index is 0.180. The van der Waals surface area contributed by atoms with E-state index in [1.165, 1.54) is 10.7 Å². The second kappa shape index (κ2) is 7.36. The van der Waals surface area contributed by atoms with Crippen LogP contribution in [-0.2, 0) is 11.3 Å². The third-order valence-electron chi connectivity index (χ3n) is 4.36. The molecule has 0 fully saturated rings. The molecule has 0 aliphatic heterocycles. The van der Waals surface area contributed by atoms with Gasteiger partial charge in [0.25, 0.3) is 11.5 Å². The first-order chi connectivity index (χ1) is 13.6. The van der Waals surface area contributed by atoms with Gasteiger partial charge < -0.3 is 15.6 Å². The van der Waals surface area contributed by atoms with Gasteiger partial charge in [0.05, 0.1) is 23.6 Å². The molecule has 28 heavy (non-hydrogen) atoms. The monoisotopic (exact) mass is 375 g/mol. The first-order valence-electron chi connectivity index (χ1n) is 8.71.